The maximum absolute atomic E-state index is 12.8. The number of nitrogens with zero attached hydrogens (tertiary/aromatic N) is 4. The van der Waals surface area contributed by atoms with Gasteiger partial charge in [-0.15, -0.1) is 0 Å². The second-order valence-electron chi connectivity index (χ2n) is 18.5. The Kier molecular flexibility index (Phi) is 16.7. The summed E-state index contributed by atoms with van der Waals surface area (Å²) in [5, 5.41) is 31.7. The van der Waals surface area contributed by atoms with Crippen LogP contribution in [0.15, 0.2) is 66.7 Å². The standard InChI is InChI=1S/C26H36N4O3.C26H34N4O3/c2*1-4-19-7-9-30(14-19)26(32)28-22-6-5-17(2)23(13-22)21-11-24(20-8-10-33-16-20)29-25(12-21)27-18(3)15-31/h5-6,11-13,18-20,31H,4,7-10,14-16H2,1-3H3,(H,27,29)(H,28,32);5-6,8,11-13,18-19,31H,4,7,9-10,14-16H2,1-3H3,(H,27,29)(H,28,32)/t18-,19-,20?;18-,19-/m11/s1. The van der Waals surface area contributed by atoms with Crippen LogP contribution in [0.5, 0.6) is 0 Å². The van der Waals surface area contributed by atoms with Crippen LogP contribution in [0.25, 0.3) is 27.8 Å². The van der Waals surface area contributed by atoms with E-state index >= 15 is 0 Å². The molecule has 3 fully saturated rings. The SMILES string of the molecule is CC[C@@H]1CCN(C(=O)Nc2ccc(C)c(-c3cc(N[C@H](C)CO)nc(C4=CCOC4)c3)c2)C1.CC[C@@H]1CCN(C(=O)Nc2ccc(C)c(-c3cc(N[C@H](C)CO)nc(C4CCOC4)c3)c2)C1. The fourth-order valence-corrected chi connectivity index (χ4v) is 8.97. The lowest BCUT2D eigenvalue weighted by Gasteiger charge is -2.19. The largest absolute Gasteiger partial charge is 0.394 e. The molecule has 2 aromatic carbocycles. The summed E-state index contributed by atoms with van der Waals surface area (Å²) in [6.07, 6.45) is 7.37. The Labute approximate surface area is 390 Å². The minimum atomic E-state index is -0.117. The van der Waals surface area contributed by atoms with Gasteiger partial charge < -0.3 is 50.8 Å². The molecular weight excluding hydrogens is 833 g/mol. The molecule has 8 rings (SSSR count). The lowest BCUT2D eigenvalue weighted by atomic mass is 9.96. The molecule has 4 amide bonds. The third-order valence-corrected chi connectivity index (χ3v) is 13.3. The molecule has 354 valence electrons. The smallest absolute Gasteiger partial charge is 0.321 e. The van der Waals surface area contributed by atoms with Crippen LogP contribution in [-0.4, -0.2) is 120 Å². The zero-order valence-corrected chi connectivity index (χ0v) is 39.7. The van der Waals surface area contributed by atoms with Crippen LogP contribution in [0.3, 0.4) is 0 Å². The zero-order valence-electron chi connectivity index (χ0n) is 39.7. The molecule has 5 atom stereocenters. The minimum Gasteiger partial charge on any atom is -0.394 e. The fourth-order valence-electron chi connectivity index (χ4n) is 8.97. The van der Waals surface area contributed by atoms with E-state index < -0.39 is 0 Å². The van der Waals surface area contributed by atoms with Crippen molar-refractivity contribution in [3.8, 4) is 22.3 Å². The highest BCUT2D eigenvalue weighted by Crippen LogP contribution is 2.35. The molecule has 0 bridgehead atoms. The van der Waals surface area contributed by atoms with Gasteiger partial charge >= 0.3 is 12.1 Å². The Balaban J connectivity index is 0.000000196. The molecule has 2 aromatic heterocycles. The van der Waals surface area contributed by atoms with Gasteiger partial charge in [0.2, 0.25) is 0 Å². The van der Waals surface area contributed by atoms with E-state index in [4.69, 9.17) is 19.4 Å². The number of nitrogens with one attached hydrogen (secondary N) is 4. The summed E-state index contributed by atoms with van der Waals surface area (Å²) in [5.41, 5.74) is 10.8. The van der Waals surface area contributed by atoms with Gasteiger partial charge in [-0.1, -0.05) is 44.9 Å². The number of aliphatic hydroxyl groups excluding tert-OH is 2. The van der Waals surface area contributed by atoms with E-state index in [1.165, 1.54) is 0 Å². The molecule has 1 unspecified atom stereocenters. The predicted octanol–water partition coefficient (Wildman–Crippen LogP) is 9.14. The maximum Gasteiger partial charge on any atom is 0.321 e. The average molecular weight is 903 g/mol. The third kappa shape index (κ3) is 12.5. The molecule has 0 aliphatic carbocycles. The van der Waals surface area contributed by atoms with Crippen molar-refractivity contribution in [1.82, 2.24) is 19.8 Å². The molecular formula is C52H70N8O6. The summed E-state index contributed by atoms with van der Waals surface area (Å²) in [7, 11) is 0. The number of urea groups is 2. The minimum absolute atomic E-state index is 0.0168. The van der Waals surface area contributed by atoms with Crippen molar-refractivity contribution in [3.05, 3.63) is 89.3 Å². The number of carbonyl (C=O) groups is 2. The Hall–Kier alpha value is -5.54. The number of hydrogen-bond donors (Lipinski definition) is 6. The van der Waals surface area contributed by atoms with Gasteiger partial charge in [0.05, 0.1) is 38.7 Å². The molecule has 3 saturated heterocycles. The Morgan fingerprint density at radius 3 is 1.74 bits per heavy atom. The van der Waals surface area contributed by atoms with E-state index in [1.54, 1.807) is 0 Å². The number of carbonyl (C=O) groups excluding carboxylic acids is 2. The lowest BCUT2D eigenvalue weighted by Crippen LogP contribution is -2.32. The zero-order chi connectivity index (χ0) is 46.7. The number of ether oxygens (including phenoxy) is 2. The van der Waals surface area contributed by atoms with Gasteiger partial charge in [-0.2, -0.15) is 0 Å². The van der Waals surface area contributed by atoms with Gasteiger partial charge in [0, 0.05) is 73.4 Å². The van der Waals surface area contributed by atoms with Gasteiger partial charge in [-0.25, -0.2) is 19.6 Å². The first kappa shape index (κ1) is 48.4. The highest BCUT2D eigenvalue weighted by molar-refractivity contribution is 5.92. The second kappa shape index (κ2) is 22.8. The monoisotopic (exact) mass is 903 g/mol. The normalized spacial score (nSPS) is 20.1. The van der Waals surface area contributed by atoms with Crippen LogP contribution in [-0.2, 0) is 9.47 Å². The molecule has 4 aliphatic heterocycles. The van der Waals surface area contributed by atoms with Gasteiger partial charge in [-0.3, -0.25) is 0 Å². The first-order chi connectivity index (χ1) is 31.9. The Morgan fingerprint density at radius 1 is 0.727 bits per heavy atom. The van der Waals surface area contributed by atoms with E-state index in [2.05, 4.69) is 67.2 Å². The predicted molar refractivity (Wildman–Crippen MR) is 264 cm³/mol. The van der Waals surface area contributed by atoms with E-state index in [0.29, 0.717) is 37.5 Å². The number of likely N-dealkylation sites (tertiary alicyclic amines) is 2. The number of rotatable bonds is 14. The highest BCUT2D eigenvalue weighted by Gasteiger charge is 2.27. The van der Waals surface area contributed by atoms with Crippen LogP contribution < -0.4 is 21.3 Å². The Morgan fingerprint density at radius 2 is 1.27 bits per heavy atom. The van der Waals surface area contributed by atoms with E-state index in [-0.39, 0.29) is 43.3 Å². The van der Waals surface area contributed by atoms with Crippen LogP contribution in [0.4, 0.5) is 32.6 Å². The first-order valence-corrected chi connectivity index (χ1v) is 23.9. The lowest BCUT2D eigenvalue weighted by molar-refractivity contribution is 0.193. The quantitative estimate of drug-likeness (QED) is 0.0717. The summed E-state index contributed by atoms with van der Waals surface area (Å²) in [6, 6.07) is 20.0. The second-order valence-corrected chi connectivity index (χ2v) is 18.5. The molecule has 4 aliphatic rings. The van der Waals surface area contributed by atoms with Crippen molar-refractivity contribution < 1.29 is 29.3 Å². The fraction of sp³-hybridized carbons (Fsp3) is 0.500. The van der Waals surface area contributed by atoms with Crippen molar-refractivity contribution in [2.24, 2.45) is 11.8 Å². The van der Waals surface area contributed by atoms with Gasteiger partial charge in [0.1, 0.15) is 11.6 Å². The summed E-state index contributed by atoms with van der Waals surface area (Å²) in [4.78, 5) is 39.0. The maximum atomic E-state index is 12.8. The molecule has 0 spiro atoms. The number of aliphatic hydroxyl groups is 2. The van der Waals surface area contributed by atoms with Crippen molar-refractivity contribution in [1.29, 1.82) is 0 Å². The third-order valence-electron chi connectivity index (χ3n) is 13.3. The molecule has 14 nitrogen and oxygen atoms in total. The summed E-state index contributed by atoms with van der Waals surface area (Å²) in [5.74, 6) is 2.91. The van der Waals surface area contributed by atoms with E-state index in [1.807, 2.05) is 72.2 Å². The molecule has 6 N–H and O–H groups in total. The molecule has 4 aromatic rings. The number of amides is 4. The summed E-state index contributed by atoms with van der Waals surface area (Å²) >= 11 is 0. The van der Waals surface area contributed by atoms with Crippen LogP contribution in [0.2, 0.25) is 0 Å². The number of pyridine rings is 2. The summed E-state index contributed by atoms with van der Waals surface area (Å²) < 4.78 is 11.1. The average Bonchev–Trinajstić information content (AvgIpc) is 4.19. The van der Waals surface area contributed by atoms with E-state index in [9.17, 15) is 19.8 Å². The topological polar surface area (TPSA) is 173 Å². The highest BCUT2D eigenvalue weighted by atomic mass is 16.5. The van der Waals surface area contributed by atoms with E-state index in [0.717, 1.165) is 132 Å². The number of aryl methyl sites for hydroxylation is 2. The molecule has 0 radical (unpaired) electrons. The molecule has 6 heterocycles. The first-order valence-electron chi connectivity index (χ1n) is 23.9. The molecule has 66 heavy (non-hydrogen) atoms. The van der Waals surface area contributed by atoms with Gasteiger partial charge in [0.25, 0.3) is 0 Å². The van der Waals surface area contributed by atoms with Gasteiger partial charge in [0.15, 0.2) is 0 Å². The van der Waals surface area contributed by atoms with Crippen LogP contribution >= 0.6 is 0 Å². The number of anilines is 4. The number of benzene rings is 2. The Bertz CT molecular complexity index is 2330. The van der Waals surface area contributed by atoms with Gasteiger partial charge in [-0.05, 0) is 141 Å². The molecule has 14 heteroatoms. The van der Waals surface area contributed by atoms with Crippen LogP contribution in [0.1, 0.15) is 88.2 Å². The number of hydrogen-bond acceptors (Lipinski definition) is 10. The summed E-state index contributed by atoms with van der Waals surface area (Å²) in [6.45, 7) is 18.2. The van der Waals surface area contributed by atoms with Crippen LogP contribution in [0, 0.1) is 25.7 Å². The number of aromatic nitrogens is 2. The van der Waals surface area contributed by atoms with Crippen molar-refractivity contribution in [2.45, 2.75) is 91.6 Å². The van der Waals surface area contributed by atoms with Crippen molar-refractivity contribution in [3.63, 3.8) is 0 Å². The van der Waals surface area contributed by atoms with Crippen molar-refractivity contribution >= 4 is 40.6 Å². The van der Waals surface area contributed by atoms with Crippen molar-refractivity contribution in [2.75, 3.05) is 87.1 Å². The molecule has 0 saturated carbocycles.